The van der Waals surface area contributed by atoms with E-state index in [0.29, 0.717) is 32.0 Å². The molecule has 5 nitrogen and oxygen atoms in total. The number of hydrogen-bond donors (Lipinski definition) is 0. The monoisotopic (exact) mass is 365 g/mol. The Bertz CT molecular complexity index is 930. The van der Waals surface area contributed by atoms with Gasteiger partial charge >= 0.3 is 0 Å². The van der Waals surface area contributed by atoms with Crippen molar-refractivity contribution in [2.75, 3.05) is 38.8 Å². The summed E-state index contributed by atoms with van der Waals surface area (Å²) >= 11 is 0. The molecule has 0 radical (unpaired) electrons. The van der Waals surface area contributed by atoms with Gasteiger partial charge in [-0.05, 0) is 54.0 Å². The zero-order chi connectivity index (χ0) is 19.0. The number of hydrogen-bond acceptors (Lipinski definition) is 5. The van der Waals surface area contributed by atoms with Crippen LogP contribution in [0, 0.1) is 0 Å². The smallest absolute Gasteiger partial charge is 0.161 e. The second-order valence-corrected chi connectivity index (χ2v) is 6.86. The summed E-state index contributed by atoms with van der Waals surface area (Å²) in [6, 6.07) is 9.98. The van der Waals surface area contributed by atoms with Crippen molar-refractivity contribution in [1.29, 1.82) is 0 Å². The number of ether oxygens (including phenoxy) is 3. The molecular weight excluding hydrogens is 342 g/mol. The Labute approximate surface area is 159 Å². The molecule has 4 rings (SSSR count). The average molecular weight is 365 g/mol. The van der Waals surface area contributed by atoms with Gasteiger partial charge in [0, 0.05) is 37.8 Å². The van der Waals surface area contributed by atoms with Crippen molar-refractivity contribution in [1.82, 2.24) is 0 Å². The van der Waals surface area contributed by atoms with E-state index in [1.807, 2.05) is 56.3 Å². The van der Waals surface area contributed by atoms with Gasteiger partial charge in [0.2, 0.25) is 0 Å². The van der Waals surface area contributed by atoms with Gasteiger partial charge in [-0.2, -0.15) is 0 Å². The van der Waals surface area contributed by atoms with Gasteiger partial charge < -0.3 is 19.1 Å². The van der Waals surface area contributed by atoms with Crippen molar-refractivity contribution >= 4 is 17.0 Å². The predicted octanol–water partition coefficient (Wildman–Crippen LogP) is 3.48. The number of carbonyl (C=O) groups excluding carboxylic acids is 1. The second-order valence-electron chi connectivity index (χ2n) is 6.86. The van der Waals surface area contributed by atoms with E-state index in [-0.39, 0.29) is 5.78 Å². The van der Waals surface area contributed by atoms with Crippen molar-refractivity contribution in [2.24, 2.45) is 0 Å². The minimum Gasteiger partial charge on any atom is -0.493 e. The predicted molar refractivity (Wildman–Crippen MR) is 105 cm³/mol. The lowest BCUT2D eigenvalue weighted by Gasteiger charge is -2.25. The van der Waals surface area contributed by atoms with Crippen LogP contribution in [-0.2, 0) is 11.2 Å². The Morgan fingerprint density at radius 2 is 1.78 bits per heavy atom. The molecule has 1 aliphatic heterocycles. The summed E-state index contributed by atoms with van der Waals surface area (Å²) in [6.45, 7) is 3.58. The maximum atomic E-state index is 12.4. The summed E-state index contributed by atoms with van der Waals surface area (Å²) in [5.41, 5.74) is 4.78. The Morgan fingerprint density at radius 3 is 2.48 bits per heavy atom. The zero-order valence-corrected chi connectivity index (χ0v) is 15.9. The van der Waals surface area contributed by atoms with Crippen molar-refractivity contribution in [3.8, 4) is 17.2 Å². The van der Waals surface area contributed by atoms with Gasteiger partial charge in [0.25, 0.3) is 0 Å². The molecule has 0 saturated heterocycles. The Hall–Kier alpha value is -2.95. The van der Waals surface area contributed by atoms with Crippen molar-refractivity contribution < 1.29 is 19.0 Å². The highest BCUT2D eigenvalue weighted by Gasteiger charge is 2.25. The third-order valence-corrected chi connectivity index (χ3v) is 4.80. The van der Waals surface area contributed by atoms with Crippen molar-refractivity contribution in [2.45, 2.75) is 13.3 Å². The van der Waals surface area contributed by atoms with Gasteiger partial charge in [-0.3, -0.25) is 4.79 Å². The fraction of sp³-hybridized carbons (Fsp3) is 0.318. The van der Waals surface area contributed by atoms with Gasteiger partial charge in [-0.1, -0.05) is 0 Å². The first-order valence-electron chi connectivity index (χ1n) is 9.18. The Kier molecular flexibility index (Phi) is 4.52. The van der Waals surface area contributed by atoms with Crippen LogP contribution in [0.25, 0.3) is 5.57 Å². The number of benzene rings is 2. The Balaban J connectivity index is 1.86. The average Bonchev–Trinajstić information content (AvgIpc) is 2.66. The molecule has 2 aromatic rings. The lowest BCUT2D eigenvalue weighted by Crippen LogP contribution is -2.18. The van der Waals surface area contributed by atoms with Crippen LogP contribution < -0.4 is 19.1 Å². The van der Waals surface area contributed by atoms with Gasteiger partial charge in [-0.15, -0.1) is 0 Å². The first-order valence-corrected chi connectivity index (χ1v) is 9.18. The maximum Gasteiger partial charge on any atom is 0.161 e. The molecule has 27 heavy (non-hydrogen) atoms. The molecule has 2 aliphatic rings. The van der Waals surface area contributed by atoms with Crippen LogP contribution in [0.15, 0.2) is 36.4 Å². The normalized spacial score (nSPS) is 15.1. The van der Waals surface area contributed by atoms with E-state index in [2.05, 4.69) is 0 Å². The van der Waals surface area contributed by atoms with Crippen LogP contribution in [-0.4, -0.2) is 39.7 Å². The third kappa shape index (κ3) is 3.25. The summed E-state index contributed by atoms with van der Waals surface area (Å²) in [5.74, 6) is 2.28. The first-order chi connectivity index (χ1) is 13.1. The van der Waals surface area contributed by atoms with E-state index in [0.717, 1.165) is 39.4 Å². The standard InChI is InChI=1S/C22H23NO4/c1-4-25-20-11-15(23(2)3)5-6-17(20)19-12-16(24)9-14-10-21-22(13-18(14)19)27-8-7-26-21/h5-6,10-13H,4,7-9H2,1-3H3. The van der Waals surface area contributed by atoms with E-state index >= 15 is 0 Å². The lowest BCUT2D eigenvalue weighted by molar-refractivity contribution is -0.114. The summed E-state index contributed by atoms with van der Waals surface area (Å²) in [5, 5.41) is 0. The molecule has 0 spiro atoms. The fourth-order valence-corrected chi connectivity index (χ4v) is 3.51. The molecular formula is C22H23NO4. The minimum absolute atomic E-state index is 0.0771. The molecule has 1 aliphatic carbocycles. The zero-order valence-electron chi connectivity index (χ0n) is 15.9. The topological polar surface area (TPSA) is 48.0 Å². The molecule has 2 aromatic carbocycles. The molecule has 0 N–H and O–H groups in total. The molecule has 0 amide bonds. The summed E-state index contributed by atoms with van der Waals surface area (Å²) in [7, 11) is 3.99. The van der Waals surface area contributed by atoms with Crippen LogP contribution in [0.1, 0.15) is 23.6 Å². The Morgan fingerprint density at radius 1 is 1.04 bits per heavy atom. The molecule has 0 atom stereocenters. The van der Waals surface area contributed by atoms with E-state index < -0.39 is 0 Å². The summed E-state index contributed by atoms with van der Waals surface area (Å²) in [6.07, 6.45) is 2.08. The van der Waals surface area contributed by atoms with Gasteiger partial charge in [0.05, 0.1) is 6.61 Å². The summed E-state index contributed by atoms with van der Waals surface area (Å²) < 4.78 is 17.3. The van der Waals surface area contributed by atoms with Crippen molar-refractivity contribution in [3.63, 3.8) is 0 Å². The molecule has 0 fully saturated rings. The maximum absolute atomic E-state index is 12.4. The van der Waals surface area contributed by atoms with Gasteiger partial charge in [0.15, 0.2) is 17.3 Å². The molecule has 5 heteroatoms. The molecule has 0 unspecified atom stereocenters. The van der Waals surface area contributed by atoms with Gasteiger partial charge in [-0.25, -0.2) is 0 Å². The molecule has 0 saturated carbocycles. The fourth-order valence-electron chi connectivity index (χ4n) is 3.51. The number of ketones is 1. The van der Waals surface area contributed by atoms with Crippen molar-refractivity contribution in [3.05, 3.63) is 53.1 Å². The quantitative estimate of drug-likeness (QED) is 0.830. The number of anilines is 1. The van der Waals surface area contributed by atoms with E-state index in [1.54, 1.807) is 6.08 Å². The largest absolute Gasteiger partial charge is 0.493 e. The van der Waals surface area contributed by atoms with Crippen LogP contribution in [0.5, 0.6) is 17.2 Å². The molecule has 1 heterocycles. The molecule has 0 bridgehead atoms. The summed E-state index contributed by atoms with van der Waals surface area (Å²) in [4.78, 5) is 14.5. The highest BCUT2D eigenvalue weighted by molar-refractivity contribution is 6.06. The van der Waals surface area contributed by atoms with Crippen LogP contribution in [0.4, 0.5) is 5.69 Å². The lowest BCUT2D eigenvalue weighted by atomic mass is 9.85. The van der Waals surface area contributed by atoms with Crippen LogP contribution in [0.3, 0.4) is 0 Å². The highest BCUT2D eigenvalue weighted by Crippen LogP contribution is 2.42. The minimum atomic E-state index is 0.0771. The SMILES string of the molecule is CCOc1cc(N(C)C)ccc1C1=CC(=O)Cc2cc3c(cc21)OCCO3. The second kappa shape index (κ2) is 6.99. The third-order valence-electron chi connectivity index (χ3n) is 4.80. The van der Waals surface area contributed by atoms with E-state index in [1.165, 1.54) is 0 Å². The van der Waals surface area contributed by atoms with E-state index in [4.69, 9.17) is 14.2 Å². The molecule has 140 valence electrons. The molecule has 0 aromatic heterocycles. The van der Waals surface area contributed by atoms with E-state index in [9.17, 15) is 4.79 Å². The highest BCUT2D eigenvalue weighted by atomic mass is 16.6. The number of fused-ring (bicyclic) bond motifs is 2. The van der Waals surface area contributed by atoms with Gasteiger partial charge in [0.1, 0.15) is 19.0 Å². The van der Waals surface area contributed by atoms with Crippen LogP contribution in [0.2, 0.25) is 0 Å². The number of carbonyl (C=O) groups is 1. The number of nitrogens with zero attached hydrogens (tertiary/aromatic N) is 1. The van der Waals surface area contributed by atoms with Crippen LogP contribution >= 0.6 is 0 Å². The number of rotatable bonds is 4. The first kappa shape index (κ1) is 17.5. The number of allylic oxidation sites excluding steroid dienone is 1.